The Morgan fingerprint density at radius 3 is 2.26 bits per heavy atom. The van der Waals surface area contributed by atoms with Crippen LogP contribution < -0.4 is 10.3 Å². The van der Waals surface area contributed by atoms with E-state index in [4.69, 9.17) is 38.5 Å². The Bertz CT molecular complexity index is 1470. The first kappa shape index (κ1) is 30.1. The van der Waals surface area contributed by atoms with Crippen LogP contribution in [0.3, 0.4) is 0 Å². The zero-order chi connectivity index (χ0) is 29.5. The van der Waals surface area contributed by atoms with Crippen molar-refractivity contribution in [2.45, 2.75) is 32.1 Å². The summed E-state index contributed by atoms with van der Waals surface area (Å²) in [6, 6.07) is 9.29. The monoisotopic (exact) mass is 584 g/mol. The number of aliphatic hydroxyl groups is 2. The van der Waals surface area contributed by atoms with Crippen LogP contribution in [0.2, 0.25) is 0 Å². The Morgan fingerprint density at radius 2 is 1.60 bits per heavy atom. The molecule has 12 heteroatoms. The van der Waals surface area contributed by atoms with Crippen molar-refractivity contribution in [2.75, 3.05) is 66.1 Å². The van der Waals surface area contributed by atoms with Gasteiger partial charge in [-0.15, -0.1) is 0 Å². The highest BCUT2D eigenvalue weighted by atomic mass is 16.6. The summed E-state index contributed by atoms with van der Waals surface area (Å²) in [6.07, 6.45) is 0.0982. The van der Waals surface area contributed by atoms with Crippen LogP contribution >= 0.6 is 0 Å². The van der Waals surface area contributed by atoms with Gasteiger partial charge in [0.1, 0.15) is 19.0 Å². The first-order valence-electron chi connectivity index (χ1n) is 14.1. The van der Waals surface area contributed by atoms with E-state index in [1.165, 1.54) is 0 Å². The molecule has 42 heavy (non-hydrogen) atoms. The summed E-state index contributed by atoms with van der Waals surface area (Å²) in [5.74, 6) is -0.0620. The van der Waals surface area contributed by atoms with Gasteiger partial charge in [0.2, 0.25) is 0 Å². The van der Waals surface area contributed by atoms with Crippen molar-refractivity contribution in [1.82, 2.24) is 9.55 Å². The maximum atomic E-state index is 13.3. The molecule has 0 amide bonds. The molecular weight excluding hydrogens is 548 g/mol. The summed E-state index contributed by atoms with van der Waals surface area (Å²) in [4.78, 5) is 30.5. The maximum Gasteiger partial charge on any atom is 0.343 e. The van der Waals surface area contributed by atoms with E-state index in [-0.39, 0.29) is 25.2 Å². The topological polar surface area (TPSA) is 148 Å². The molecule has 0 saturated heterocycles. The fourth-order valence-corrected chi connectivity index (χ4v) is 5.10. The summed E-state index contributed by atoms with van der Waals surface area (Å²) in [5, 5.41) is 20.5. The molecule has 0 spiro atoms. The number of aromatic nitrogens is 2. The third-order valence-corrected chi connectivity index (χ3v) is 7.33. The quantitative estimate of drug-likeness (QED) is 0.146. The molecular formula is C30H36N2O10. The van der Waals surface area contributed by atoms with Gasteiger partial charge in [-0.2, -0.15) is 0 Å². The minimum atomic E-state index is -1.85. The molecule has 5 rings (SSSR count). The zero-order valence-electron chi connectivity index (χ0n) is 23.6. The summed E-state index contributed by atoms with van der Waals surface area (Å²) in [6.45, 7) is 5.69. The second kappa shape index (κ2) is 13.7. The van der Waals surface area contributed by atoms with Gasteiger partial charge in [-0.05, 0) is 36.8 Å². The molecule has 2 N–H and O–H groups in total. The molecule has 226 valence electrons. The largest absolute Gasteiger partial charge is 0.491 e. The molecule has 2 aromatic heterocycles. The van der Waals surface area contributed by atoms with Crippen molar-refractivity contribution in [3.05, 3.63) is 57.4 Å². The van der Waals surface area contributed by atoms with Crippen LogP contribution in [0, 0.1) is 0 Å². The normalized spacial score (nSPS) is 17.2. The number of hydrogen-bond acceptors (Lipinski definition) is 11. The Kier molecular flexibility index (Phi) is 9.83. The van der Waals surface area contributed by atoms with E-state index in [0.29, 0.717) is 94.3 Å². The van der Waals surface area contributed by atoms with Crippen LogP contribution in [0.25, 0.3) is 22.3 Å². The molecule has 0 aliphatic carbocycles. The number of carbonyl (C=O) groups excluding carboxylic acids is 1. The maximum absolute atomic E-state index is 13.3. The molecule has 2 aliphatic rings. The van der Waals surface area contributed by atoms with E-state index in [1.54, 1.807) is 17.6 Å². The van der Waals surface area contributed by atoms with Crippen molar-refractivity contribution in [1.29, 1.82) is 0 Å². The smallest absolute Gasteiger partial charge is 0.343 e. The lowest BCUT2D eigenvalue weighted by Crippen LogP contribution is -2.44. The fraction of sp³-hybridized carbons (Fsp3) is 0.500. The van der Waals surface area contributed by atoms with Gasteiger partial charge in [-0.3, -0.25) is 4.79 Å². The summed E-state index contributed by atoms with van der Waals surface area (Å²) in [5.41, 5.74) is 1.31. The number of fused-ring (bicyclic) bond motifs is 5. The molecule has 4 heterocycles. The van der Waals surface area contributed by atoms with Gasteiger partial charge in [0.05, 0.1) is 88.5 Å². The SMILES string of the molecule is CC[C@@]1(O)C(=O)OCc2c1cc1n(c2=O)Cc2cc3cc(OCCOCCOCCOCCOCCO)ccc3nc2-1. The summed E-state index contributed by atoms with van der Waals surface area (Å²) < 4.78 is 34.1. The van der Waals surface area contributed by atoms with Crippen LogP contribution in [-0.2, 0) is 47.2 Å². The number of nitrogens with zero attached hydrogens (tertiary/aromatic N) is 2. The number of carbonyl (C=O) groups is 1. The van der Waals surface area contributed by atoms with Gasteiger partial charge in [0, 0.05) is 16.5 Å². The standard InChI is InChI=1S/C30H36N2O10/c1-2-30(36)24-17-26-27-21(18-32(26)28(34)23(24)19-42-29(30)35)15-20-16-22(3-4-25(20)31-27)41-14-13-40-12-11-39-10-9-38-8-7-37-6-5-33/h3-4,15-17,33,36H,2,5-14,18-19H2,1H3/t30-/m0/s1. The van der Waals surface area contributed by atoms with Crippen LogP contribution in [0.5, 0.6) is 5.75 Å². The molecule has 0 fully saturated rings. The lowest BCUT2D eigenvalue weighted by Gasteiger charge is -2.31. The van der Waals surface area contributed by atoms with Gasteiger partial charge in [-0.1, -0.05) is 6.92 Å². The lowest BCUT2D eigenvalue weighted by molar-refractivity contribution is -0.172. The molecule has 0 unspecified atom stereocenters. The van der Waals surface area contributed by atoms with Crippen LogP contribution in [0.1, 0.15) is 30.0 Å². The second-order valence-corrected chi connectivity index (χ2v) is 9.98. The molecule has 0 saturated carbocycles. The first-order chi connectivity index (χ1) is 20.5. The Morgan fingerprint density at radius 1 is 0.929 bits per heavy atom. The van der Waals surface area contributed by atoms with E-state index in [2.05, 4.69) is 0 Å². The third kappa shape index (κ3) is 6.33. The average molecular weight is 585 g/mol. The molecule has 12 nitrogen and oxygen atoms in total. The highest BCUT2D eigenvalue weighted by Gasteiger charge is 2.45. The average Bonchev–Trinajstić information content (AvgIpc) is 3.36. The lowest BCUT2D eigenvalue weighted by atomic mass is 9.86. The number of esters is 1. The predicted molar refractivity (Wildman–Crippen MR) is 150 cm³/mol. The first-order valence-corrected chi connectivity index (χ1v) is 14.1. The fourth-order valence-electron chi connectivity index (χ4n) is 5.10. The van der Waals surface area contributed by atoms with E-state index < -0.39 is 11.6 Å². The Balaban J connectivity index is 1.13. The number of benzene rings is 1. The van der Waals surface area contributed by atoms with Gasteiger partial charge < -0.3 is 43.2 Å². The second-order valence-electron chi connectivity index (χ2n) is 9.98. The number of aliphatic hydroxyl groups excluding tert-OH is 1. The number of pyridine rings is 2. The molecule has 1 aromatic carbocycles. The highest BCUT2D eigenvalue weighted by molar-refractivity contribution is 5.87. The Hall–Kier alpha value is -3.39. The van der Waals surface area contributed by atoms with Gasteiger partial charge >= 0.3 is 5.97 Å². The Labute approximate surface area is 242 Å². The molecule has 0 radical (unpaired) electrons. The van der Waals surface area contributed by atoms with Crippen LogP contribution in [0.4, 0.5) is 0 Å². The van der Waals surface area contributed by atoms with Crippen molar-refractivity contribution >= 4 is 16.9 Å². The minimum absolute atomic E-state index is 0.00674. The number of hydrogen-bond donors (Lipinski definition) is 2. The van der Waals surface area contributed by atoms with Crippen molar-refractivity contribution in [3.8, 4) is 17.1 Å². The molecule has 2 aliphatic heterocycles. The van der Waals surface area contributed by atoms with Crippen molar-refractivity contribution < 1.29 is 43.4 Å². The van der Waals surface area contributed by atoms with Gasteiger partial charge in [0.25, 0.3) is 5.56 Å². The van der Waals surface area contributed by atoms with Crippen molar-refractivity contribution in [3.63, 3.8) is 0 Å². The molecule has 3 aromatic rings. The van der Waals surface area contributed by atoms with E-state index >= 15 is 0 Å². The molecule has 0 bridgehead atoms. The molecule has 1 atom stereocenters. The van der Waals surface area contributed by atoms with Crippen LogP contribution in [0.15, 0.2) is 35.1 Å². The van der Waals surface area contributed by atoms with Gasteiger partial charge in [0.15, 0.2) is 5.60 Å². The van der Waals surface area contributed by atoms with Gasteiger partial charge in [-0.25, -0.2) is 9.78 Å². The predicted octanol–water partition coefficient (Wildman–Crippen LogP) is 1.52. The highest BCUT2D eigenvalue weighted by Crippen LogP contribution is 2.38. The summed E-state index contributed by atoms with van der Waals surface area (Å²) >= 11 is 0. The number of ether oxygens (including phenoxy) is 6. The van der Waals surface area contributed by atoms with E-state index in [1.807, 2.05) is 24.3 Å². The third-order valence-electron chi connectivity index (χ3n) is 7.33. The van der Waals surface area contributed by atoms with Crippen LogP contribution in [-0.4, -0.2) is 91.8 Å². The van der Waals surface area contributed by atoms with Crippen molar-refractivity contribution in [2.24, 2.45) is 0 Å². The summed E-state index contributed by atoms with van der Waals surface area (Å²) in [7, 11) is 0. The zero-order valence-corrected chi connectivity index (χ0v) is 23.6. The van der Waals surface area contributed by atoms with E-state index in [0.717, 1.165) is 16.5 Å². The number of rotatable bonds is 16. The van der Waals surface area contributed by atoms with E-state index in [9.17, 15) is 14.7 Å². The minimum Gasteiger partial charge on any atom is -0.491 e. The number of cyclic esters (lactones) is 1.